The summed E-state index contributed by atoms with van der Waals surface area (Å²) in [6, 6.07) is 6.67. The number of hydrazine groups is 1. The number of hydrogen-bond acceptors (Lipinski definition) is 5. The summed E-state index contributed by atoms with van der Waals surface area (Å²) in [4.78, 5) is 23.5. The van der Waals surface area contributed by atoms with E-state index in [2.05, 4.69) is 26.4 Å². The largest absolute Gasteiger partial charge is 0.273 e. The second-order valence-corrected chi connectivity index (χ2v) is 4.55. The van der Waals surface area contributed by atoms with Crippen LogP contribution >= 0.6 is 0 Å². The molecule has 0 saturated heterocycles. The van der Waals surface area contributed by atoms with Crippen LogP contribution < -0.4 is 10.9 Å². The Morgan fingerprint density at radius 2 is 1.95 bits per heavy atom. The number of benzene rings is 1. The van der Waals surface area contributed by atoms with Crippen LogP contribution in [0.25, 0.3) is 5.69 Å². The van der Waals surface area contributed by atoms with E-state index < -0.39 is 0 Å². The van der Waals surface area contributed by atoms with Crippen LogP contribution in [0, 0.1) is 5.92 Å². The Morgan fingerprint density at radius 3 is 2.52 bits per heavy atom. The van der Waals surface area contributed by atoms with Crippen molar-refractivity contribution in [2.45, 2.75) is 20.3 Å². The average Bonchev–Trinajstić information content (AvgIpc) is 3.06. The van der Waals surface area contributed by atoms with Crippen molar-refractivity contribution < 1.29 is 9.59 Å². The van der Waals surface area contributed by atoms with E-state index in [9.17, 15) is 9.59 Å². The molecule has 0 spiro atoms. The normalized spacial score (nSPS) is 11.7. The number of carbonyl (C=O) groups excluding carboxylic acids is 2. The third-order valence-corrected chi connectivity index (χ3v) is 3.10. The molecule has 21 heavy (non-hydrogen) atoms. The lowest BCUT2D eigenvalue weighted by molar-refractivity contribution is -0.125. The topological polar surface area (TPSA) is 102 Å². The van der Waals surface area contributed by atoms with Crippen molar-refractivity contribution >= 4 is 11.8 Å². The van der Waals surface area contributed by atoms with E-state index in [0.29, 0.717) is 12.0 Å². The Morgan fingerprint density at radius 1 is 1.24 bits per heavy atom. The fourth-order valence-electron chi connectivity index (χ4n) is 1.54. The molecule has 0 aliphatic carbocycles. The maximum atomic E-state index is 11.9. The van der Waals surface area contributed by atoms with Crippen LogP contribution in [0.2, 0.25) is 0 Å². The van der Waals surface area contributed by atoms with Gasteiger partial charge in [-0.05, 0) is 41.1 Å². The van der Waals surface area contributed by atoms with Gasteiger partial charge in [0, 0.05) is 11.5 Å². The standard InChI is InChI=1S/C13H16N6O2/c1-3-9(2)12(20)15-16-13(21)10-4-6-11(7-5-10)19-8-14-17-18-19/h4-9H,3H2,1-2H3,(H,15,20)(H,16,21). The molecule has 0 aliphatic rings. The van der Waals surface area contributed by atoms with Gasteiger partial charge in [-0.2, -0.15) is 0 Å². The van der Waals surface area contributed by atoms with E-state index in [1.54, 1.807) is 31.2 Å². The fourth-order valence-corrected chi connectivity index (χ4v) is 1.54. The number of tetrazole rings is 1. The monoisotopic (exact) mass is 288 g/mol. The van der Waals surface area contributed by atoms with Gasteiger partial charge in [-0.1, -0.05) is 13.8 Å². The highest BCUT2D eigenvalue weighted by atomic mass is 16.2. The molecule has 1 atom stereocenters. The zero-order valence-electron chi connectivity index (χ0n) is 11.8. The minimum Gasteiger partial charge on any atom is -0.273 e. The molecule has 0 saturated carbocycles. The van der Waals surface area contributed by atoms with E-state index in [0.717, 1.165) is 5.69 Å². The van der Waals surface area contributed by atoms with E-state index in [1.807, 2.05) is 6.92 Å². The quantitative estimate of drug-likeness (QED) is 0.796. The first kappa shape index (κ1) is 14.6. The first-order valence-electron chi connectivity index (χ1n) is 6.55. The molecule has 2 N–H and O–H groups in total. The van der Waals surface area contributed by atoms with Crippen molar-refractivity contribution in [3.8, 4) is 5.69 Å². The smallest absolute Gasteiger partial charge is 0.269 e. The molecule has 8 nitrogen and oxygen atoms in total. The molecule has 1 aromatic carbocycles. The summed E-state index contributed by atoms with van der Waals surface area (Å²) >= 11 is 0. The van der Waals surface area contributed by atoms with Gasteiger partial charge in [0.15, 0.2) is 0 Å². The lowest BCUT2D eigenvalue weighted by atomic mass is 10.1. The van der Waals surface area contributed by atoms with Crippen LogP contribution in [0.1, 0.15) is 30.6 Å². The highest BCUT2D eigenvalue weighted by Crippen LogP contribution is 2.07. The molecule has 2 amide bonds. The molecule has 1 heterocycles. The molecule has 110 valence electrons. The van der Waals surface area contributed by atoms with Gasteiger partial charge in [0.25, 0.3) is 5.91 Å². The molecule has 0 bridgehead atoms. The molecular weight excluding hydrogens is 272 g/mol. The molecule has 0 aliphatic heterocycles. The maximum Gasteiger partial charge on any atom is 0.269 e. The van der Waals surface area contributed by atoms with Crippen molar-refractivity contribution in [3.05, 3.63) is 36.2 Å². The van der Waals surface area contributed by atoms with Crippen LogP contribution in [0.5, 0.6) is 0 Å². The van der Waals surface area contributed by atoms with Crippen LogP contribution in [0.4, 0.5) is 0 Å². The summed E-state index contributed by atoms with van der Waals surface area (Å²) in [7, 11) is 0. The molecule has 2 rings (SSSR count). The number of carbonyl (C=O) groups is 2. The third-order valence-electron chi connectivity index (χ3n) is 3.10. The first-order chi connectivity index (χ1) is 10.1. The minimum atomic E-state index is -0.380. The summed E-state index contributed by atoms with van der Waals surface area (Å²) in [5.41, 5.74) is 5.94. The summed E-state index contributed by atoms with van der Waals surface area (Å²) < 4.78 is 1.48. The van der Waals surface area contributed by atoms with Gasteiger partial charge in [-0.25, -0.2) is 4.68 Å². The van der Waals surface area contributed by atoms with E-state index >= 15 is 0 Å². The van der Waals surface area contributed by atoms with Crippen molar-refractivity contribution in [3.63, 3.8) is 0 Å². The molecule has 8 heteroatoms. The second kappa shape index (κ2) is 6.60. The number of rotatable bonds is 4. The van der Waals surface area contributed by atoms with Gasteiger partial charge in [-0.3, -0.25) is 20.4 Å². The minimum absolute atomic E-state index is 0.146. The predicted molar refractivity (Wildman–Crippen MR) is 74.2 cm³/mol. The Hall–Kier alpha value is -2.77. The second-order valence-electron chi connectivity index (χ2n) is 4.55. The number of amides is 2. The predicted octanol–water partition coefficient (Wildman–Crippen LogP) is 0.469. The average molecular weight is 288 g/mol. The zero-order valence-corrected chi connectivity index (χ0v) is 11.8. The molecule has 1 unspecified atom stereocenters. The van der Waals surface area contributed by atoms with Crippen LogP contribution in [0.3, 0.4) is 0 Å². The molecule has 1 aromatic heterocycles. The fraction of sp³-hybridized carbons (Fsp3) is 0.308. The third kappa shape index (κ3) is 3.62. The van der Waals surface area contributed by atoms with E-state index in [1.165, 1.54) is 11.0 Å². The Bertz CT molecular complexity index is 608. The maximum absolute atomic E-state index is 11.9. The highest BCUT2D eigenvalue weighted by Gasteiger charge is 2.12. The van der Waals surface area contributed by atoms with E-state index in [-0.39, 0.29) is 17.7 Å². The molecular formula is C13H16N6O2. The van der Waals surface area contributed by atoms with Crippen LogP contribution in [0.15, 0.2) is 30.6 Å². The summed E-state index contributed by atoms with van der Waals surface area (Å²) in [6.45, 7) is 3.70. The van der Waals surface area contributed by atoms with Gasteiger partial charge in [0.1, 0.15) is 6.33 Å². The SMILES string of the molecule is CCC(C)C(=O)NNC(=O)c1ccc(-n2cnnn2)cc1. The summed E-state index contributed by atoms with van der Waals surface area (Å²) in [6.07, 6.45) is 2.17. The Kier molecular flexibility index (Phi) is 4.60. The highest BCUT2D eigenvalue weighted by molar-refractivity contribution is 5.95. The first-order valence-corrected chi connectivity index (χ1v) is 6.55. The van der Waals surface area contributed by atoms with Crippen molar-refractivity contribution in [2.24, 2.45) is 5.92 Å². The summed E-state index contributed by atoms with van der Waals surface area (Å²) in [5.74, 6) is -0.737. The van der Waals surface area contributed by atoms with Gasteiger partial charge >= 0.3 is 0 Å². The van der Waals surface area contributed by atoms with Gasteiger partial charge < -0.3 is 0 Å². The van der Waals surface area contributed by atoms with Gasteiger partial charge in [-0.15, -0.1) is 5.10 Å². The molecule has 0 fully saturated rings. The number of nitrogens with one attached hydrogen (secondary N) is 2. The number of nitrogens with zero attached hydrogens (tertiary/aromatic N) is 4. The summed E-state index contributed by atoms with van der Waals surface area (Å²) in [5, 5.41) is 10.8. The van der Waals surface area contributed by atoms with E-state index in [4.69, 9.17) is 0 Å². The van der Waals surface area contributed by atoms with Crippen LogP contribution in [-0.2, 0) is 4.79 Å². The van der Waals surface area contributed by atoms with Gasteiger partial charge in [0.2, 0.25) is 5.91 Å². The zero-order chi connectivity index (χ0) is 15.2. The van der Waals surface area contributed by atoms with Crippen molar-refractivity contribution in [2.75, 3.05) is 0 Å². The van der Waals surface area contributed by atoms with Crippen molar-refractivity contribution in [1.29, 1.82) is 0 Å². The lowest BCUT2D eigenvalue weighted by Gasteiger charge is -2.11. The Balaban J connectivity index is 1.96. The molecule has 0 radical (unpaired) electrons. The lowest BCUT2D eigenvalue weighted by Crippen LogP contribution is -2.43. The Labute approximate surface area is 121 Å². The number of aromatic nitrogens is 4. The van der Waals surface area contributed by atoms with Crippen molar-refractivity contribution in [1.82, 2.24) is 31.1 Å². The van der Waals surface area contributed by atoms with Crippen LogP contribution in [-0.4, -0.2) is 32.0 Å². The number of hydrogen-bond donors (Lipinski definition) is 2. The molecule has 2 aromatic rings. The van der Waals surface area contributed by atoms with Gasteiger partial charge in [0.05, 0.1) is 5.69 Å².